The third-order valence-electron chi connectivity index (χ3n) is 7.31. The van der Waals surface area contributed by atoms with Crippen molar-refractivity contribution in [2.45, 2.75) is 49.9 Å². The van der Waals surface area contributed by atoms with Gasteiger partial charge in [-0.3, -0.25) is 9.59 Å². The van der Waals surface area contributed by atoms with Crippen LogP contribution < -0.4 is 4.74 Å². The van der Waals surface area contributed by atoms with Crippen molar-refractivity contribution < 1.29 is 23.8 Å². The van der Waals surface area contributed by atoms with Crippen molar-refractivity contribution in [3.63, 3.8) is 0 Å². The van der Waals surface area contributed by atoms with E-state index >= 15 is 0 Å². The van der Waals surface area contributed by atoms with Crippen LogP contribution in [0.25, 0.3) is 0 Å². The number of carbonyl (C=O) groups is 2. The first-order valence-electron chi connectivity index (χ1n) is 12.8. The van der Waals surface area contributed by atoms with E-state index in [2.05, 4.69) is 6.07 Å². The Morgan fingerprint density at radius 1 is 1.00 bits per heavy atom. The zero-order valence-corrected chi connectivity index (χ0v) is 21.8. The van der Waals surface area contributed by atoms with Gasteiger partial charge in [0.05, 0.1) is 36.0 Å². The number of fused-ring (bicyclic) bond motifs is 3. The average Bonchev–Trinajstić information content (AvgIpc) is 2.92. The van der Waals surface area contributed by atoms with Crippen LogP contribution in [0.5, 0.6) is 5.75 Å². The van der Waals surface area contributed by atoms with Gasteiger partial charge in [0.1, 0.15) is 11.9 Å². The van der Waals surface area contributed by atoms with Gasteiger partial charge < -0.3 is 24.0 Å². The van der Waals surface area contributed by atoms with Crippen LogP contribution in [0.4, 0.5) is 0 Å². The lowest BCUT2D eigenvalue weighted by Crippen LogP contribution is -2.48. The number of amides is 2. The highest BCUT2D eigenvalue weighted by Crippen LogP contribution is 2.29. The minimum atomic E-state index is -0.252. The predicted molar refractivity (Wildman–Crippen MR) is 138 cm³/mol. The molecule has 196 valence electrons. The topological polar surface area (TPSA) is 92.1 Å². The third-order valence-corrected chi connectivity index (χ3v) is 7.31. The largest absolute Gasteiger partial charge is 0.493 e. The number of rotatable bonds is 2. The summed E-state index contributed by atoms with van der Waals surface area (Å²) in [4.78, 5) is 30.3. The fourth-order valence-electron chi connectivity index (χ4n) is 5.14. The van der Waals surface area contributed by atoms with E-state index in [0.29, 0.717) is 43.0 Å². The minimum Gasteiger partial charge on any atom is -0.493 e. The summed E-state index contributed by atoms with van der Waals surface area (Å²) in [7, 11) is 5.20. The Bertz CT molecular complexity index is 1130. The van der Waals surface area contributed by atoms with Crippen molar-refractivity contribution >= 4 is 11.8 Å². The molecule has 0 radical (unpaired) electrons. The zero-order valence-electron chi connectivity index (χ0n) is 21.8. The molecule has 0 spiro atoms. The first kappa shape index (κ1) is 26.6. The van der Waals surface area contributed by atoms with Crippen LogP contribution >= 0.6 is 0 Å². The van der Waals surface area contributed by atoms with Crippen molar-refractivity contribution in [1.29, 1.82) is 5.26 Å². The smallest absolute Gasteiger partial charge is 0.257 e. The molecule has 2 heterocycles. The molecule has 0 aliphatic carbocycles. The van der Waals surface area contributed by atoms with Gasteiger partial charge in [-0.1, -0.05) is 30.3 Å². The molecule has 2 amide bonds. The summed E-state index contributed by atoms with van der Waals surface area (Å²) < 4.78 is 18.1. The molecule has 2 aliphatic rings. The number of hydrogen-bond acceptors (Lipinski definition) is 6. The summed E-state index contributed by atoms with van der Waals surface area (Å²) in [6, 6.07) is 16.8. The first-order chi connectivity index (χ1) is 17.9. The average molecular weight is 506 g/mol. The number of carbonyl (C=O) groups excluding carboxylic acids is 2. The fourth-order valence-corrected chi connectivity index (χ4v) is 5.14. The van der Waals surface area contributed by atoms with Gasteiger partial charge in [-0.15, -0.1) is 0 Å². The van der Waals surface area contributed by atoms with Crippen molar-refractivity contribution in [1.82, 2.24) is 9.80 Å². The highest BCUT2D eigenvalue weighted by Gasteiger charge is 2.34. The Hall–Kier alpha value is -3.41. The molecule has 4 rings (SSSR count). The molecule has 2 aromatic carbocycles. The van der Waals surface area contributed by atoms with Crippen LogP contribution in [-0.4, -0.2) is 80.8 Å². The second kappa shape index (κ2) is 12.2. The van der Waals surface area contributed by atoms with Gasteiger partial charge in [0.2, 0.25) is 5.91 Å². The van der Waals surface area contributed by atoms with E-state index in [1.165, 1.54) is 0 Å². The summed E-state index contributed by atoms with van der Waals surface area (Å²) in [5, 5.41) is 9.43. The molecule has 37 heavy (non-hydrogen) atoms. The quantitative estimate of drug-likeness (QED) is 0.619. The van der Waals surface area contributed by atoms with Crippen LogP contribution in [0.2, 0.25) is 0 Å². The van der Waals surface area contributed by atoms with Crippen LogP contribution in [0.3, 0.4) is 0 Å². The standard InChI is InChI=1S/C29H35N3O5/c1-31-19-27-26(35-3)12-10-23(37-27)13-14-36-25-11-9-20(17-30)15-24(25)29(34)32(2)18-22(16-28(31)33)21-7-5-4-6-8-21/h4-9,11,15,22-23,26-27H,10,12-14,16,18-19H2,1-3H3/t22-,23-,26+,27+/m1/s1. The number of methoxy groups -OCH3 is 1. The molecule has 8 nitrogen and oxygen atoms in total. The number of hydrogen-bond donors (Lipinski definition) is 0. The zero-order chi connectivity index (χ0) is 26.4. The van der Waals surface area contributed by atoms with E-state index in [9.17, 15) is 14.9 Å². The van der Waals surface area contributed by atoms with Gasteiger partial charge in [0.25, 0.3) is 5.91 Å². The number of ether oxygens (including phenoxy) is 3. The molecule has 0 aromatic heterocycles. The Labute approximate surface area is 218 Å². The monoisotopic (exact) mass is 505 g/mol. The third kappa shape index (κ3) is 6.48. The number of benzene rings is 2. The summed E-state index contributed by atoms with van der Waals surface area (Å²) in [6.45, 7) is 1.14. The van der Waals surface area contributed by atoms with Gasteiger partial charge in [0, 0.05) is 53.1 Å². The van der Waals surface area contributed by atoms with Gasteiger partial charge >= 0.3 is 0 Å². The molecular formula is C29H35N3O5. The van der Waals surface area contributed by atoms with Gasteiger partial charge in [-0.25, -0.2) is 0 Å². The SMILES string of the molecule is CO[C@H]1CC[C@@H]2CCOc3ccc(C#N)cc3C(=O)N(C)C[C@H](c3ccccc3)CC(=O)N(C)C[C@@H]1O2. The molecule has 4 atom stereocenters. The lowest BCUT2D eigenvalue weighted by atomic mass is 9.93. The molecule has 2 aromatic rings. The Morgan fingerprint density at radius 3 is 2.51 bits per heavy atom. The Balaban J connectivity index is 1.68. The van der Waals surface area contributed by atoms with Crippen molar-refractivity contribution in [2.24, 2.45) is 0 Å². The molecule has 8 heteroatoms. The van der Waals surface area contributed by atoms with E-state index < -0.39 is 0 Å². The summed E-state index contributed by atoms with van der Waals surface area (Å²) in [5.74, 6) is -0.0346. The molecular weight excluding hydrogens is 470 g/mol. The first-order valence-corrected chi connectivity index (χ1v) is 12.8. The number of likely N-dealkylation sites (N-methyl/N-ethyl adjacent to an activating group) is 2. The van der Waals surface area contributed by atoms with Crippen molar-refractivity contribution in [3.8, 4) is 11.8 Å². The fraction of sp³-hybridized carbons (Fsp3) is 0.483. The van der Waals surface area contributed by atoms with E-state index in [-0.39, 0.29) is 42.5 Å². The van der Waals surface area contributed by atoms with E-state index in [1.807, 2.05) is 30.3 Å². The Morgan fingerprint density at radius 2 is 1.78 bits per heavy atom. The maximum atomic E-state index is 13.6. The maximum absolute atomic E-state index is 13.6. The molecule has 1 fully saturated rings. The van der Waals surface area contributed by atoms with Crippen LogP contribution in [0.15, 0.2) is 48.5 Å². The second-order valence-corrected chi connectivity index (χ2v) is 9.88. The highest BCUT2D eigenvalue weighted by molar-refractivity contribution is 5.97. The van der Waals surface area contributed by atoms with Gasteiger partial charge in [0.15, 0.2) is 0 Å². The van der Waals surface area contributed by atoms with Crippen LogP contribution in [-0.2, 0) is 14.3 Å². The molecule has 0 saturated carbocycles. The van der Waals surface area contributed by atoms with E-state index in [1.54, 1.807) is 49.2 Å². The van der Waals surface area contributed by atoms with Gasteiger partial charge in [-0.2, -0.15) is 5.26 Å². The molecule has 2 bridgehead atoms. The van der Waals surface area contributed by atoms with Crippen LogP contribution in [0.1, 0.15) is 53.1 Å². The highest BCUT2D eigenvalue weighted by atomic mass is 16.5. The van der Waals surface area contributed by atoms with E-state index in [4.69, 9.17) is 14.2 Å². The van der Waals surface area contributed by atoms with Crippen LogP contribution in [0, 0.1) is 11.3 Å². The van der Waals surface area contributed by atoms with Crippen molar-refractivity contribution in [2.75, 3.05) is 40.9 Å². The summed E-state index contributed by atoms with van der Waals surface area (Å²) >= 11 is 0. The molecule has 0 N–H and O–H groups in total. The molecule has 1 saturated heterocycles. The maximum Gasteiger partial charge on any atom is 0.257 e. The predicted octanol–water partition coefficient (Wildman–Crippen LogP) is 3.61. The number of nitriles is 1. The number of nitrogens with zero attached hydrogens (tertiary/aromatic N) is 3. The van der Waals surface area contributed by atoms with Gasteiger partial charge in [-0.05, 0) is 36.6 Å². The lowest BCUT2D eigenvalue weighted by Gasteiger charge is -2.38. The second-order valence-electron chi connectivity index (χ2n) is 9.88. The lowest BCUT2D eigenvalue weighted by molar-refractivity contribution is -0.150. The molecule has 2 aliphatic heterocycles. The summed E-state index contributed by atoms with van der Waals surface area (Å²) in [5.41, 5.74) is 1.71. The minimum absolute atomic E-state index is 0.0159. The summed E-state index contributed by atoms with van der Waals surface area (Å²) in [6.07, 6.45) is 2.21. The van der Waals surface area contributed by atoms with Crippen molar-refractivity contribution in [3.05, 3.63) is 65.2 Å². The molecule has 0 unspecified atom stereocenters. The normalized spacial score (nSPS) is 25.7. The Kier molecular flexibility index (Phi) is 8.80. The van der Waals surface area contributed by atoms with E-state index in [0.717, 1.165) is 18.4 Å².